The second-order valence-corrected chi connectivity index (χ2v) is 8.34. The van der Waals surface area contributed by atoms with E-state index in [9.17, 15) is 0 Å². The van der Waals surface area contributed by atoms with Gasteiger partial charge in [-0.15, -0.1) is 0 Å². The number of furan rings is 3. The molecule has 0 saturated carbocycles. The third-order valence-electron chi connectivity index (χ3n) is 3.04. The quantitative estimate of drug-likeness (QED) is 0.689. The van der Waals surface area contributed by atoms with Crippen molar-refractivity contribution in [1.82, 2.24) is 0 Å². The zero-order valence-corrected chi connectivity index (χ0v) is 15.1. The van der Waals surface area contributed by atoms with E-state index in [1.54, 1.807) is 18.8 Å². The van der Waals surface area contributed by atoms with Crippen molar-refractivity contribution in [1.29, 1.82) is 0 Å². The molecule has 0 bridgehead atoms. The summed E-state index contributed by atoms with van der Waals surface area (Å²) >= 11 is 0.171. The van der Waals surface area contributed by atoms with Gasteiger partial charge in [-0.1, -0.05) is 0 Å². The standard InChI is InChI=1S/C13H9O3.Sn.3H/c1-4-10(14-7-1)13(11-5-2-8-15-11)12-6-3-9-16-12;;;;/h1-9H;;;;. The Morgan fingerprint density at radius 2 is 1.06 bits per heavy atom. The molecule has 0 spiro atoms. The number of rotatable bonds is 3. The second-order valence-electron chi connectivity index (χ2n) is 4.06. The van der Waals surface area contributed by atoms with Crippen LogP contribution in [0.3, 0.4) is 0 Å². The molecule has 0 aliphatic heterocycles. The minimum absolute atomic E-state index is 0.171. The molecule has 3 heterocycles. The van der Waals surface area contributed by atoms with E-state index in [0.717, 1.165) is 17.3 Å². The van der Waals surface area contributed by atoms with Gasteiger partial charge in [-0.2, -0.15) is 0 Å². The summed E-state index contributed by atoms with van der Waals surface area (Å²) in [5.74, 6) is 2.66. The summed E-state index contributed by atoms with van der Waals surface area (Å²) in [5, 5.41) is 0. The maximum atomic E-state index is 5.58. The van der Waals surface area contributed by atoms with Crippen LogP contribution < -0.4 is 0 Å². The van der Waals surface area contributed by atoms with Gasteiger partial charge in [0.25, 0.3) is 0 Å². The number of hydrogen-bond acceptors (Lipinski definition) is 3. The molecule has 3 nitrogen and oxygen atoms in total. The fraction of sp³-hybridized carbons (Fsp3) is 0.0769. The molecule has 3 rings (SSSR count). The molecule has 0 N–H and O–H groups in total. The first-order valence-electron chi connectivity index (χ1n) is 5.44. The van der Waals surface area contributed by atoms with Gasteiger partial charge in [0, 0.05) is 0 Å². The Morgan fingerprint density at radius 1 is 0.706 bits per heavy atom. The molecule has 0 radical (unpaired) electrons. The van der Waals surface area contributed by atoms with Gasteiger partial charge in [-0.3, -0.25) is 0 Å². The minimum atomic E-state index is -0.321. The predicted molar refractivity (Wildman–Crippen MR) is 65.9 cm³/mol. The molecule has 0 fully saturated rings. The fourth-order valence-electron chi connectivity index (χ4n) is 2.05. The van der Waals surface area contributed by atoms with Crippen LogP contribution in [0.15, 0.2) is 68.4 Å². The summed E-state index contributed by atoms with van der Waals surface area (Å²) in [5.41, 5.74) is 0. The molecule has 0 amide bonds. The number of hydrogen-bond donors (Lipinski definition) is 0. The van der Waals surface area contributed by atoms with Crippen molar-refractivity contribution >= 4 is 22.5 Å². The van der Waals surface area contributed by atoms with Crippen LogP contribution in [0, 0.1) is 0 Å². The Balaban J connectivity index is 2.21. The summed E-state index contributed by atoms with van der Waals surface area (Å²) in [6.07, 6.45) is 5.06. The van der Waals surface area contributed by atoms with Gasteiger partial charge < -0.3 is 0 Å². The molecule has 0 aliphatic rings. The van der Waals surface area contributed by atoms with Gasteiger partial charge in [-0.05, 0) is 0 Å². The van der Waals surface area contributed by atoms with Gasteiger partial charge in [0.05, 0.1) is 0 Å². The van der Waals surface area contributed by atoms with Crippen LogP contribution in [-0.2, 0) is 3.43 Å². The normalized spacial score (nSPS) is 12.0. The Labute approximate surface area is 112 Å². The summed E-state index contributed by atoms with van der Waals surface area (Å²) in [7, 11) is 0. The molecule has 3 aromatic rings. The van der Waals surface area contributed by atoms with E-state index in [0.29, 0.717) is 0 Å². The van der Waals surface area contributed by atoms with Gasteiger partial charge in [-0.25, -0.2) is 0 Å². The summed E-state index contributed by atoms with van der Waals surface area (Å²) in [6.45, 7) is 0. The summed E-state index contributed by atoms with van der Waals surface area (Å²) in [4.78, 5) is 0. The molecule has 3 aromatic heterocycles. The van der Waals surface area contributed by atoms with Crippen molar-refractivity contribution in [3.8, 4) is 0 Å². The van der Waals surface area contributed by atoms with Crippen molar-refractivity contribution in [2.45, 2.75) is 3.43 Å². The fourth-order valence-corrected chi connectivity index (χ4v) is 4.49. The molecule has 0 aliphatic carbocycles. The van der Waals surface area contributed by atoms with Gasteiger partial charge in [0.2, 0.25) is 0 Å². The van der Waals surface area contributed by atoms with E-state index in [-0.39, 0.29) is 26.0 Å². The monoisotopic (exact) mass is 336 g/mol. The van der Waals surface area contributed by atoms with E-state index in [1.807, 2.05) is 36.4 Å². The van der Waals surface area contributed by atoms with Gasteiger partial charge >= 0.3 is 112 Å². The van der Waals surface area contributed by atoms with Crippen LogP contribution in [0.5, 0.6) is 0 Å². The van der Waals surface area contributed by atoms with Crippen LogP contribution in [0.25, 0.3) is 0 Å². The molecule has 86 valence electrons. The third kappa shape index (κ3) is 1.65. The van der Waals surface area contributed by atoms with Crippen molar-refractivity contribution in [3.63, 3.8) is 0 Å². The summed E-state index contributed by atoms with van der Waals surface area (Å²) < 4.78 is 16.4. The zero-order chi connectivity index (χ0) is 11.7. The third-order valence-corrected chi connectivity index (χ3v) is 7.26. The molecular formula is C13H12O3Sn. The first-order valence-corrected chi connectivity index (χ1v) is 8.29. The molecule has 0 aromatic carbocycles. The van der Waals surface area contributed by atoms with Crippen molar-refractivity contribution < 1.29 is 13.3 Å². The zero-order valence-electron chi connectivity index (χ0n) is 9.42. The SMILES string of the molecule is [SnH3][C](c1ccco1)(c1ccco1)c1ccco1. The van der Waals surface area contributed by atoms with E-state index >= 15 is 0 Å². The average Bonchev–Trinajstić information content (AvgIpc) is 3.10. The molecule has 0 unspecified atom stereocenters. The molecule has 0 atom stereocenters. The van der Waals surface area contributed by atoms with E-state index < -0.39 is 0 Å². The molecule has 0 saturated heterocycles. The van der Waals surface area contributed by atoms with E-state index in [4.69, 9.17) is 13.3 Å². The first-order chi connectivity index (χ1) is 8.32. The Bertz CT molecular complexity index is 480. The molecule has 17 heavy (non-hydrogen) atoms. The van der Waals surface area contributed by atoms with E-state index in [1.165, 1.54) is 0 Å². The van der Waals surface area contributed by atoms with Crippen molar-refractivity contribution in [2.24, 2.45) is 0 Å². The van der Waals surface area contributed by atoms with Crippen LogP contribution in [-0.4, -0.2) is 22.5 Å². The van der Waals surface area contributed by atoms with Gasteiger partial charge in [0.1, 0.15) is 0 Å². The molecular weight excluding hydrogens is 323 g/mol. The van der Waals surface area contributed by atoms with Crippen LogP contribution >= 0.6 is 0 Å². The first kappa shape index (κ1) is 10.8. The second kappa shape index (κ2) is 4.14. The molecule has 4 heteroatoms. The van der Waals surface area contributed by atoms with Crippen LogP contribution in [0.2, 0.25) is 0 Å². The Hall–Kier alpha value is -1.36. The Morgan fingerprint density at radius 3 is 1.29 bits per heavy atom. The van der Waals surface area contributed by atoms with Crippen LogP contribution in [0.1, 0.15) is 17.3 Å². The van der Waals surface area contributed by atoms with Crippen molar-refractivity contribution in [3.05, 3.63) is 72.5 Å². The Kier molecular flexibility index (Phi) is 2.62. The topological polar surface area (TPSA) is 39.4 Å². The van der Waals surface area contributed by atoms with Crippen LogP contribution in [0.4, 0.5) is 0 Å². The summed E-state index contributed by atoms with van der Waals surface area (Å²) in [6, 6.07) is 11.6. The van der Waals surface area contributed by atoms with Gasteiger partial charge in [0.15, 0.2) is 0 Å². The van der Waals surface area contributed by atoms with E-state index in [2.05, 4.69) is 0 Å². The maximum absolute atomic E-state index is 5.58. The average molecular weight is 335 g/mol. The van der Waals surface area contributed by atoms with Crippen molar-refractivity contribution in [2.75, 3.05) is 0 Å². The predicted octanol–water partition coefficient (Wildman–Crippen LogP) is 2.12.